The minimum absolute atomic E-state index is 0.125. The normalized spacial score (nSPS) is 24.1. The van der Waals surface area contributed by atoms with Gasteiger partial charge in [-0.1, -0.05) is 18.2 Å². The first kappa shape index (κ1) is 18.9. The predicted octanol–water partition coefficient (Wildman–Crippen LogP) is 2.34. The number of carbonyl (C=O) groups excluding carboxylic acids is 1. The first-order chi connectivity index (χ1) is 11.6. The monoisotopic (exact) mass is 337 g/mol. The molecule has 0 aliphatic carbocycles. The summed E-state index contributed by atoms with van der Waals surface area (Å²) >= 11 is 0. The summed E-state index contributed by atoms with van der Waals surface area (Å²) in [5.74, 6) is -0.125. The summed E-state index contributed by atoms with van der Waals surface area (Å²) in [5.41, 5.74) is 0.625. The molecule has 0 aromatic heterocycles. The number of rotatable bonds is 8. The molecule has 1 aromatic carbocycles. The van der Waals surface area contributed by atoms with Gasteiger partial charge in [0.15, 0.2) is 12.6 Å². The zero-order chi connectivity index (χ0) is 17.4. The summed E-state index contributed by atoms with van der Waals surface area (Å²) in [7, 11) is 0. The number of ether oxygens (including phenoxy) is 4. The molecule has 134 valence electrons. The molecule has 24 heavy (non-hydrogen) atoms. The highest BCUT2D eigenvalue weighted by Crippen LogP contribution is 2.19. The molecule has 1 aliphatic heterocycles. The van der Waals surface area contributed by atoms with Crippen molar-refractivity contribution in [3.05, 3.63) is 35.9 Å². The standard InChI is InChI=1S/C18H27NO5/c1-4-21-16(22-5-2)11-17-23-12-15(13(3)24-17)19-18(20)14-9-7-6-8-10-14/h6-10,13,15-17H,4-5,11-12H2,1-3H3,(H,19,20)/t13-,15-,17+/m1/s1. The quantitative estimate of drug-likeness (QED) is 0.738. The Hall–Kier alpha value is -1.47. The van der Waals surface area contributed by atoms with Gasteiger partial charge in [0.1, 0.15) is 0 Å². The Balaban J connectivity index is 1.83. The molecule has 1 N–H and O–H groups in total. The molecule has 0 bridgehead atoms. The molecule has 0 spiro atoms. The fourth-order valence-corrected chi connectivity index (χ4v) is 2.56. The van der Waals surface area contributed by atoms with Crippen molar-refractivity contribution in [2.24, 2.45) is 0 Å². The molecule has 6 nitrogen and oxygen atoms in total. The predicted molar refractivity (Wildman–Crippen MR) is 89.6 cm³/mol. The van der Waals surface area contributed by atoms with Crippen LogP contribution in [0.15, 0.2) is 30.3 Å². The zero-order valence-corrected chi connectivity index (χ0v) is 14.6. The third kappa shape index (κ3) is 5.56. The molecular formula is C18H27NO5. The Morgan fingerprint density at radius 1 is 1.25 bits per heavy atom. The van der Waals surface area contributed by atoms with E-state index < -0.39 is 6.29 Å². The van der Waals surface area contributed by atoms with Gasteiger partial charge in [-0.3, -0.25) is 4.79 Å². The van der Waals surface area contributed by atoms with Gasteiger partial charge in [-0.2, -0.15) is 0 Å². The van der Waals surface area contributed by atoms with E-state index in [0.717, 1.165) is 0 Å². The molecule has 3 atom stereocenters. The van der Waals surface area contributed by atoms with Gasteiger partial charge >= 0.3 is 0 Å². The van der Waals surface area contributed by atoms with Crippen LogP contribution >= 0.6 is 0 Å². The van der Waals surface area contributed by atoms with Crippen LogP contribution in [0, 0.1) is 0 Å². The maximum atomic E-state index is 12.2. The highest BCUT2D eigenvalue weighted by molar-refractivity contribution is 5.94. The van der Waals surface area contributed by atoms with E-state index in [2.05, 4.69) is 5.32 Å². The number of carbonyl (C=O) groups is 1. The van der Waals surface area contributed by atoms with Crippen LogP contribution in [0.1, 0.15) is 37.6 Å². The first-order valence-corrected chi connectivity index (χ1v) is 8.50. The molecule has 1 amide bonds. The maximum absolute atomic E-state index is 12.2. The number of benzene rings is 1. The van der Waals surface area contributed by atoms with E-state index in [4.69, 9.17) is 18.9 Å². The molecule has 1 aliphatic rings. The fraction of sp³-hybridized carbons (Fsp3) is 0.611. The van der Waals surface area contributed by atoms with Crippen LogP contribution in [0.3, 0.4) is 0 Å². The lowest BCUT2D eigenvalue weighted by molar-refractivity contribution is -0.253. The lowest BCUT2D eigenvalue weighted by atomic mass is 10.1. The molecule has 1 aromatic rings. The molecule has 0 unspecified atom stereocenters. The average molecular weight is 337 g/mol. The highest BCUT2D eigenvalue weighted by atomic mass is 16.7. The lowest BCUT2D eigenvalue weighted by Crippen LogP contribution is -2.52. The third-order valence-electron chi connectivity index (χ3n) is 3.84. The van der Waals surface area contributed by atoms with Gasteiger partial charge < -0.3 is 24.3 Å². The van der Waals surface area contributed by atoms with E-state index >= 15 is 0 Å². The smallest absolute Gasteiger partial charge is 0.251 e. The Labute approximate surface area is 143 Å². The number of hydrogen-bond acceptors (Lipinski definition) is 5. The minimum Gasteiger partial charge on any atom is -0.353 e. The zero-order valence-electron chi connectivity index (χ0n) is 14.6. The van der Waals surface area contributed by atoms with Crippen LogP contribution in [0.4, 0.5) is 0 Å². The van der Waals surface area contributed by atoms with Crippen molar-refractivity contribution in [2.45, 2.75) is 51.9 Å². The largest absolute Gasteiger partial charge is 0.353 e. The molecule has 0 saturated carbocycles. The van der Waals surface area contributed by atoms with Crippen LogP contribution in [0.5, 0.6) is 0 Å². The second kappa shape index (κ2) is 9.74. The van der Waals surface area contributed by atoms with Crippen molar-refractivity contribution >= 4 is 5.91 Å². The van der Waals surface area contributed by atoms with Crippen molar-refractivity contribution in [1.29, 1.82) is 0 Å². The van der Waals surface area contributed by atoms with Gasteiger partial charge in [-0.15, -0.1) is 0 Å². The van der Waals surface area contributed by atoms with Gasteiger partial charge in [-0.05, 0) is 32.9 Å². The Morgan fingerprint density at radius 2 is 1.92 bits per heavy atom. The summed E-state index contributed by atoms with van der Waals surface area (Å²) in [6.45, 7) is 7.32. The lowest BCUT2D eigenvalue weighted by Gasteiger charge is -2.36. The van der Waals surface area contributed by atoms with E-state index in [9.17, 15) is 4.79 Å². The van der Waals surface area contributed by atoms with E-state index in [0.29, 0.717) is 31.8 Å². The second-order valence-electron chi connectivity index (χ2n) is 5.63. The van der Waals surface area contributed by atoms with Gasteiger partial charge in [-0.25, -0.2) is 0 Å². The van der Waals surface area contributed by atoms with Crippen LogP contribution in [0.2, 0.25) is 0 Å². The molecule has 1 heterocycles. The molecule has 2 rings (SSSR count). The van der Waals surface area contributed by atoms with Crippen molar-refractivity contribution in [3.8, 4) is 0 Å². The van der Waals surface area contributed by atoms with Crippen molar-refractivity contribution in [2.75, 3.05) is 19.8 Å². The van der Waals surface area contributed by atoms with Crippen LogP contribution in [-0.4, -0.2) is 50.5 Å². The topological polar surface area (TPSA) is 66.0 Å². The molecule has 1 fully saturated rings. The van der Waals surface area contributed by atoms with E-state index in [1.165, 1.54) is 0 Å². The Kier molecular flexibility index (Phi) is 7.65. The van der Waals surface area contributed by atoms with Crippen LogP contribution < -0.4 is 5.32 Å². The molecule has 0 radical (unpaired) electrons. The van der Waals surface area contributed by atoms with Crippen LogP contribution in [-0.2, 0) is 18.9 Å². The van der Waals surface area contributed by atoms with Crippen molar-refractivity contribution in [3.63, 3.8) is 0 Å². The molecular weight excluding hydrogens is 310 g/mol. The molecule has 1 saturated heterocycles. The fourth-order valence-electron chi connectivity index (χ4n) is 2.56. The van der Waals surface area contributed by atoms with Gasteiger partial charge in [0.05, 0.1) is 18.8 Å². The summed E-state index contributed by atoms with van der Waals surface area (Å²) in [6, 6.07) is 8.92. The van der Waals surface area contributed by atoms with E-state index in [-0.39, 0.29) is 24.3 Å². The van der Waals surface area contributed by atoms with Gasteiger partial charge in [0, 0.05) is 25.2 Å². The van der Waals surface area contributed by atoms with Gasteiger partial charge in [0.2, 0.25) is 0 Å². The Morgan fingerprint density at radius 3 is 2.50 bits per heavy atom. The number of amides is 1. The van der Waals surface area contributed by atoms with Gasteiger partial charge in [0.25, 0.3) is 5.91 Å². The van der Waals surface area contributed by atoms with E-state index in [1.807, 2.05) is 39.0 Å². The highest BCUT2D eigenvalue weighted by Gasteiger charge is 2.32. The number of nitrogens with one attached hydrogen (secondary N) is 1. The second-order valence-corrected chi connectivity index (χ2v) is 5.63. The average Bonchev–Trinajstić information content (AvgIpc) is 2.58. The summed E-state index contributed by atoms with van der Waals surface area (Å²) in [4.78, 5) is 12.2. The van der Waals surface area contributed by atoms with Crippen molar-refractivity contribution < 1.29 is 23.7 Å². The minimum atomic E-state index is -0.395. The summed E-state index contributed by atoms with van der Waals surface area (Å²) < 4.78 is 22.6. The Bertz CT molecular complexity index is 489. The third-order valence-corrected chi connectivity index (χ3v) is 3.84. The number of hydrogen-bond donors (Lipinski definition) is 1. The van der Waals surface area contributed by atoms with Crippen molar-refractivity contribution in [1.82, 2.24) is 5.32 Å². The molecule has 6 heteroatoms. The SMILES string of the molecule is CCOC(C[C@H]1OC[C@@H](NC(=O)c2ccccc2)[C@@H](C)O1)OCC. The van der Waals surface area contributed by atoms with Crippen LogP contribution in [0.25, 0.3) is 0 Å². The summed E-state index contributed by atoms with van der Waals surface area (Å²) in [5, 5.41) is 2.96. The first-order valence-electron chi connectivity index (χ1n) is 8.50. The summed E-state index contributed by atoms with van der Waals surface area (Å²) in [6.07, 6.45) is -0.383. The maximum Gasteiger partial charge on any atom is 0.251 e. The van der Waals surface area contributed by atoms with E-state index in [1.54, 1.807) is 12.1 Å².